The first-order chi connectivity index (χ1) is 48.6. The van der Waals surface area contributed by atoms with Crippen molar-refractivity contribution < 1.29 is 82.7 Å². The van der Waals surface area contributed by atoms with Crippen LogP contribution in [0.5, 0.6) is 0 Å². The van der Waals surface area contributed by atoms with Crippen LogP contribution in [0.2, 0.25) is 0 Å². The van der Waals surface area contributed by atoms with Crippen molar-refractivity contribution in [3.05, 3.63) is 244 Å². The predicted octanol–water partition coefficient (Wildman–Crippen LogP) is 10.0. The van der Waals surface area contributed by atoms with E-state index < -0.39 is 98.8 Å². The average molecular weight is 1520 g/mol. The molecule has 540 valence electrons. The Morgan fingerprint density at radius 2 is 0.981 bits per heavy atom. The molecule has 3 unspecified atom stereocenters. The van der Waals surface area contributed by atoms with Crippen LogP contribution in [0.1, 0.15) is 133 Å². The van der Waals surface area contributed by atoms with Gasteiger partial charge < -0.3 is 35.1 Å². The lowest BCUT2D eigenvalue weighted by Gasteiger charge is -2.30. The number of terminal acetylenes is 2. The van der Waals surface area contributed by atoms with E-state index in [-0.39, 0.29) is 35.0 Å². The SMILES string of the molecule is C#Cc1ccc(C(=O)NC(C(=O)NOC)[C@@H](C)OC(C)(C)C)cc1.C#Cc1ccc(C(=O)O)cc1.CONC(=O)C(C(=O)OCC1c2ccccc2-c2ccccc21)[C@@H](C)OC(C)(C)C.C[C@@H](O)C(NC(=O)c1ccc(C#Cc2cccc([N+](=O)[O-])c2)cc1)C(=O)NO.O=[N+]([O-])c1cccc(I)c1. The number of carbonyl (C=O) groups excluding carboxylic acids is 6. The van der Waals surface area contributed by atoms with Gasteiger partial charge in [0.2, 0.25) is 0 Å². The second kappa shape index (κ2) is 40.9. The lowest BCUT2D eigenvalue weighted by Crippen LogP contribution is -2.54. The number of carbonyl (C=O) groups is 7. The van der Waals surface area contributed by atoms with E-state index in [1.807, 2.05) is 107 Å². The van der Waals surface area contributed by atoms with Crippen molar-refractivity contribution in [1.82, 2.24) is 27.1 Å². The molecule has 8 rings (SSSR count). The van der Waals surface area contributed by atoms with Crippen LogP contribution in [0.25, 0.3) is 11.1 Å². The summed E-state index contributed by atoms with van der Waals surface area (Å²) in [4.78, 5) is 113. The third kappa shape index (κ3) is 27.7. The molecule has 0 heterocycles. The van der Waals surface area contributed by atoms with Crippen LogP contribution in [-0.4, -0.2) is 129 Å². The molecule has 8 N–H and O–H groups in total. The maximum absolute atomic E-state index is 12.9. The molecule has 5 amide bonds. The third-order valence-electron chi connectivity index (χ3n) is 14.2. The summed E-state index contributed by atoms with van der Waals surface area (Å²) in [5.41, 5.74) is 12.7. The highest BCUT2D eigenvalue weighted by molar-refractivity contribution is 14.1. The normalized spacial score (nSPS) is 12.7. The van der Waals surface area contributed by atoms with Crippen molar-refractivity contribution in [2.24, 2.45) is 5.92 Å². The Kier molecular flexibility index (Phi) is 33.4. The molecule has 0 bridgehead atoms. The van der Waals surface area contributed by atoms with Crippen LogP contribution < -0.4 is 27.1 Å². The number of nitro benzene ring substituents is 2. The number of aliphatic hydroxyl groups excluding tert-OH is 1. The molecule has 0 aliphatic heterocycles. The second-order valence-electron chi connectivity index (χ2n) is 24.3. The van der Waals surface area contributed by atoms with Crippen molar-refractivity contribution in [1.29, 1.82) is 0 Å². The number of non-ortho nitro benzene ring substituents is 2. The van der Waals surface area contributed by atoms with Gasteiger partial charge in [-0.05, 0) is 192 Å². The number of benzene rings is 7. The summed E-state index contributed by atoms with van der Waals surface area (Å²) >= 11 is 2.03. The summed E-state index contributed by atoms with van der Waals surface area (Å²) in [7, 11) is 2.65. The number of aromatic carboxylic acids is 1. The Hall–Kier alpha value is -11.2. The summed E-state index contributed by atoms with van der Waals surface area (Å²) in [6, 6.07) is 45.2. The lowest BCUT2D eigenvalue weighted by molar-refractivity contribution is -0.385. The maximum Gasteiger partial charge on any atom is 0.335 e. The van der Waals surface area contributed by atoms with Gasteiger partial charge in [-0.25, -0.2) is 21.2 Å². The molecule has 0 spiro atoms. The number of aliphatic hydroxyl groups is 1. The first kappa shape index (κ1) is 84.2. The van der Waals surface area contributed by atoms with Crippen LogP contribution in [0.15, 0.2) is 170 Å². The summed E-state index contributed by atoms with van der Waals surface area (Å²) in [6.45, 7) is 16.1. The van der Waals surface area contributed by atoms with E-state index in [1.54, 1.807) is 74.5 Å². The van der Waals surface area contributed by atoms with E-state index >= 15 is 0 Å². The molecule has 0 radical (unpaired) electrons. The number of hydrogen-bond donors (Lipinski definition) is 8. The highest BCUT2D eigenvalue weighted by Crippen LogP contribution is 2.44. The molecule has 26 nitrogen and oxygen atoms in total. The number of esters is 1. The average Bonchev–Trinajstić information content (AvgIpc) is 1.62. The lowest BCUT2D eigenvalue weighted by atomic mass is 9.97. The Morgan fingerprint density at radius 1 is 0.553 bits per heavy atom. The third-order valence-corrected chi connectivity index (χ3v) is 14.9. The van der Waals surface area contributed by atoms with Crippen LogP contribution in [-0.2, 0) is 43.1 Å². The monoisotopic (exact) mass is 1520 g/mol. The van der Waals surface area contributed by atoms with Gasteiger partial charge in [-0.15, -0.1) is 12.8 Å². The molecule has 27 heteroatoms. The van der Waals surface area contributed by atoms with Crippen LogP contribution >= 0.6 is 22.6 Å². The number of rotatable bonds is 20. The number of fused-ring (bicyclic) bond motifs is 3. The number of carboxylic acids is 1. The molecule has 1 aliphatic rings. The highest BCUT2D eigenvalue weighted by Gasteiger charge is 2.39. The number of nitro groups is 2. The van der Waals surface area contributed by atoms with E-state index in [0.29, 0.717) is 27.8 Å². The molecule has 0 aromatic heterocycles. The van der Waals surface area contributed by atoms with E-state index in [1.165, 1.54) is 81.2 Å². The summed E-state index contributed by atoms with van der Waals surface area (Å²) in [6.07, 6.45) is 7.92. The smallest absolute Gasteiger partial charge is 0.335 e. The number of carboxylic acid groups (broad SMARTS) is 1. The molecule has 7 aromatic carbocycles. The quantitative estimate of drug-likeness (QED) is 0.00669. The molecule has 7 aromatic rings. The summed E-state index contributed by atoms with van der Waals surface area (Å²) in [5.74, 6) is 4.68. The zero-order valence-corrected chi connectivity index (χ0v) is 60.4. The molecule has 1 aliphatic carbocycles. The second-order valence-corrected chi connectivity index (χ2v) is 25.5. The number of hydroxylamine groups is 3. The Labute approximate surface area is 609 Å². The van der Waals surface area contributed by atoms with Crippen molar-refractivity contribution in [3.63, 3.8) is 0 Å². The van der Waals surface area contributed by atoms with Crippen LogP contribution in [0.3, 0.4) is 0 Å². The van der Waals surface area contributed by atoms with Gasteiger partial charge in [0, 0.05) is 67.1 Å². The predicted molar refractivity (Wildman–Crippen MR) is 390 cm³/mol. The number of nitrogens with one attached hydrogen (secondary N) is 5. The topological polar surface area (TPSA) is 373 Å². The summed E-state index contributed by atoms with van der Waals surface area (Å²) < 4.78 is 18.2. The first-order valence-electron chi connectivity index (χ1n) is 31.4. The molecule has 0 fully saturated rings. The number of hydrogen-bond acceptors (Lipinski definition) is 18. The number of halogens is 1. The van der Waals surface area contributed by atoms with Crippen LogP contribution in [0.4, 0.5) is 11.4 Å². The van der Waals surface area contributed by atoms with Crippen molar-refractivity contribution in [3.8, 4) is 47.7 Å². The minimum atomic E-state index is -1.31. The zero-order valence-electron chi connectivity index (χ0n) is 58.2. The fraction of sp³-hybridized carbons (Fsp3) is 0.276. The van der Waals surface area contributed by atoms with Gasteiger partial charge in [0.05, 0.1) is 59.1 Å². The summed E-state index contributed by atoms with van der Waals surface area (Å²) in [5, 5.41) is 52.6. The van der Waals surface area contributed by atoms with Gasteiger partial charge in [-0.3, -0.25) is 63.9 Å². The Balaban J connectivity index is 0.000000287. The molecular weight excluding hydrogens is 1440 g/mol. The molecule has 6 atom stereocenters. The largest absolute Gasteiger partial charge is 0.478 e. The van der Waals surface area contributed by atoms with Crippen molar-refractivity contribution >= 4 is 75.4 Å². The molecule has 103 heavy (non-hydrogen) atoms. The minimum absolute atomic E-state index is 0.0570. The first-order valence-corrected chi connectivity index (χ1v) is 32.5. The Bertz CT molecular complexity index is 4200. The van der Waals surface area contributed by atoms with Crippen LogP contribution in [0, 0.1) is 66.2 Å². The molecule has 0 saturated heterocycles. The van der Waals surface area contributed by atoms with Crippen molar-refractivity contribution in [2.75, 3.05) is 20.8 Å². The van der Waals surface area contributed by atoms with E-state index in [4.69, 9.17) is 42.2 Å². The number of nitrogens with zero attached hydrogens (tertiary/aromatic N) is 2. The van der Waals surface area contributed by atoms with Gasteiger partial charge in [0.15, 0.2) is 5.92 Å². The standard InChI is InChI=1S/C24H29NO5.C19H17N3O6.C18H24N2O4.C9H6O2.C6H4INO2/c1-15(30-24(2,3)4)21(22(26)25-28-5)23(27)29-14-20-18-12-8-6-10-16(18)17-11-7-9-13-19(17)20;1-12(23)17(19(25)21-26)20-18(24)15-9-7-13(8-10-15)5-6-14-3-2-4-16(11-14)22(27)28;1-7-13-8-10-14(11-9-13)16(21)19-15(17(22)20-23-6)12(2)24-18(3,4)5;1-2-7-3-5-8(6-4-7)9(10)11;7-5-2-1-3-6(4-5)8(9)10/h6-13,15,20-21H,14H2,1-5H3,(H,25,26);2-4,7-12,17,23,26H,1H3,(H,20,24)(H,21,25);1,8-12,15H,2-6H3,(H,19,21)(H,20,22);1,3-6H,(H,10,11);1-4H/t15-,21?;12-,17?;12-,15?;;/m111../s1. The van der Waals surface area contributed by atoms with Gasteiger partial charge in [0.25, 0.3) is 40.9 Å². The molecular formula is C76H80IN7O19. The van der Waals surface area contributed by atoms with Gasteiger partial charge in [0.1, 0.15) is 18.7 Å². The maximum atomic E-state index is 12.9. The molecule has 0 saturated carbocycles. The Morgan fingerprint density at radius 3 is 1.41 bits per heavy atom. The minimum Gasteiger partial charge on any atom is -0.478 e. The van der Waals surface area contributed by atoms with Gasteiger partial charge in [-0.1, -0.05) is 84.3 Å². The van der Waals surface area contributed by atoms with E-state index in [2.05, 4.69) is 62.2 Å². The van der Waals surface area contributed by atoms with E-state index in [0.717, 1.165) is 25.8 Å². The highest BCUT2D eigenvalue weighted by atomic mass is 127. The fourth-order valence-corrected chi connectivity index (χ4v) is 10.2. The number of ether oxygens (including phenoxy) is 3. The van der Waals surface area contributed by atoms with Gasteiger partial charge >= 0.3 is 11.9 Å². The van der Waals surface area contributed by atoms with Crippen molar-refractivity contribution in [2.45, 2.75) is 110 Å². The zero-order chi connectivity index (χ0) is 76.7. The van der Waals surface area contributed by atoms with Gasteiger partial charge in [-0.2, -0.15) is 0 Å². The number of amides is 5. The van der Waals surface area contributed by atoms with E-state index in [9.17, 15) is 58.9 Å². The fourth-order valence-electron chi connectivity index (χ4n) is 9.67.